The van der Waals surface area contributed by atoms with Crippen LogP contribution in [0, 0.1) is 0 Å². The average Bonchev–Trinajstić information content (AvgIpc) is 0. The second-order valence-corrected chi connectivity index (χ2v) is 0. The van der Waals surface area contributed by atoms with Crippen molar-refractivity contribution < 1.29 is 75.4 Å². The monoisotopic (exact) mass is 630 g/mol. The molecule has 0 aliphatic heterocycles. The van der Waals surface area contributed by atoms with Gasteiger partial charge in [0.1, 0.15) is 0 Å². The van der Waals surface area contributed by atoms with E-state index in [0.29, 0.717) is 0 Å². The topological polar surface area (TPSA) is 200 Å². The Morgan fingerprint density at radius 1 is 0.273 bits per heavy atom. The standard InChI is InChI=1S/7O.2Pb.2V/q7*-2;2*+2;2*+5. The van der Waals surface area contributed by atoms with Crippen LogP contribution in [0.2, 0.25) is 0 Å². The van der Waals surface area contributed by atoms with E-state index in [0.717, 1.165) is 0 Å². The Labute approximate surface area is 128 Å². The fraction of sp³-hybridized carbons (Fsp3) is 0. The Kier molecular flexibility index (Phi) is 6360. The molecule has 0 saturated carbocycles. The van der Waals surface area contributed by atoms with E-state index >= 15 is 0 Å². The molecule has 0 unspecified atom stereocenters. The fourth-order valence-corrected chi connectivity index (χ4v) is 0. The van der Waals surface area contributed by atoms with Gasteiger partial charge in [0.15, 0.2) is 0 Å². The number of rotatable bonds is 0. The third-order valence-electron chi connectivity index (χ3n) is 0. The quantitative estimate of drug-likeness (QED) is 0.279. The number of hydrogen-bond acceptors (Lipinski definition) is 0. The van der Waals surface area contributed by atoms with Crippen molar-refractivity contribution in [1.29, 1.82) is 0 Å². The van der Waals surface area contributed by atoms with Gasteiger partial charge in [0, 0.05) is 0 Å². The molecular weight excluding hydrogens is 628 g/mol. The van der Waals surface area contributed by atoms with Crippen molar-refractivity contribution in [1.82, 2.24) is 0 Å². The van der Waals surface area contributed by atoms with Crippen molar-refractivity contribution in [2.45, 2.75) is 0 Å². The van der Waals surface area contributed by atoms with Crippen LogP contribution < -0.4 is 0 Å². The van der Waals surface area contributed by atoms with Gasteiger partial charge in [-0.15, -0.1) is 0 Å². The molecule has 0 aromatic heterocycles. The first-order valence-electron chi connectivity index (χ1n) is 0. The van der Waals surface area contributed by atoms with E-state index in [9.17, 15) is 0 Å². The molecule has 60 valence electrons. The molecule has 0 fully saturated rings. The van der Waals surface area contributed by atoms with Crippen LogP contribution in [-0.2, 0) is 75.4 Å². The fourth-order valence-electron chi connectivity index (χ4n) is 0. The molecule has 0 aromatic carbocycles. The minimum Gasteiger partial charge on any atom is -2.00 e. The summed E-state index contributed by atoms with van der Waals surface area (Å²) in [6.07, 6.45) is 0. The summed E-state index contributed by atoms with van der Waals surface area (Å²) >= 11 is 0. The molecule has 0 bridgehead atoms. The maximum atomic E-state index is 0. The van der Waals surface area contributed by atoms with Gasteiger partial charge in [0.2, 0.25) is 0 Å². The Hall–Kier alpha value is 2.73. The van der Waals surface area contributed by atoms with Crippen LogP contribution in [0.3, 0.4) is 0 Å². The van der Waals surface area contributed by atoms with Gasteiger partial charge in [0.25, 0.3) is 0 Å². The van der Waals surface area contributed by atoms with Gasteiger partial charge in [-0.05, 0) is 0 Å². The minimum absolute atomic E-state index is 0. The van der Waals surface area contributed by atoms with Gasteiger partial charge < -0.3 is 38.3 Å². The molecule has 11 heteroatoms. The number of hydrogen-bond donors (Lipinski definition) is 0. The van der Waals surface area contributed by atoms with Crippen molar-refractivity contribution >= 4 is 54.6 Å². The summed E-state index contributed by atoms with van der Waals surface area (Å²) in [5.41, 5.74) is 0. The Morgan fingerprint density at radius 3 is 0.273 bits per heavy atom. The second kappa shape index (κ2) is 235. The van der Waals surface area contributed by atoms with E-state index in [2.05, 4.69) is 0 Å². The predicted octanol–water partition coefficient (Wildman–Crippen LogP) is -1.60. The smallest absolute Gasteiger partial charge is 2.00 e. The van der Waals surface area contributed by atoms with E-state index in [1.54, 1.807) is 0 Å². The van der Waals surface area contributed by atoms with Gasteiger partial charge in [-0.3, -0.25) is 0 Å². The zero-order chi connectivity index (χ0) is 0. The van der Waals surface area contributed by atoms with Crippen molar-refractivity contribution in [3.63, 3.8) is 0 Å². The maximum Gasteiger partial charge on any atom is 5.00 e. The van der Waals surface area contributed by atoms with Crippen LogP contribution in [0.1, 0.15) is 0 Å². The Morgan fingerprint density at radius 2 is 0.273 bits per heavy atom. The zero-order valence-corrected chi connectivity index (χ0v) is 15.3. The van der Waals surface area contributed by atoms with Crippen molar-refractivity contribution in [3.05, 3.63) is 0 Å². The first kappa shape index (κ1) is 298. The van der Waals surface area contributed by atoms with Crippen molar-refractivity contribution in [3.8, 4) is 0 Å². The summed E-state index contributed by atoms with van der Waals surface area (Å²) in [7, 11) is 0. The molecule has 4 radical (unpaired) electrons. The third kappa shape index (κ3) is 196. The van der Waals surface area contributed by atoms with Crippen LogP contribution in [0.15, 0.2) is 0 Å². The first-order valence-corrected chi connectivity index (χ1v) is 0. The van der Waals surface area contributed by atoms with E-state index in [-0.39, 0.29) is 130 Å². The van der Waals surface area contributed by atoms with Crippen LogP contribution in [0.25, 0.3) is 0 Å². The van der Waals surface area contributed by atoms with Crippen molar-refractivity contribution in [2.75, 3.05) is 0 Å². The Bertz CT molecular complexity index is 14.4. The summed E-state index contributed by atoms with van der Waals surface area (Å²) in [6.45, 7) is 0. The summed E-state index contributed by atoms with van der Waals surface area (Å²) in [5, 5.41) is 0. The second-order valence-electron chi connectivity index (χ2n) is 0. The van der Waals surface area contributed by atoms with Crippen LogP contribution >= 0.6 is 0 Å². The van der Waals surface area contributed by atoms with E-state index in [1.807, 2.05) is 0 Å². The summed E-state index contributed by atoms with van der Waals surface area (Å²) in [5.74, 6) is 0. The molecule has 0 aliphatic rings. The predicted molar refractivity (Wildman–Crippen MR) is 16.3 cm³/mol. The summed E-state index contributed by atoms with van der Waals surface area (Å²) in [6, 6.07) is 0. The summed E-state index contributed by atoms with van der Waals surface area (Å²) < 4.78 is 0. The van der Waals surface area contributed by atoms with Crippen LogP contribution in [0.4, 0.5) is 0 Å². The molecule has 0 aliphatic carbocycles. The van der Waals surface area contributed by atoms with Crippen LogP contribution in [0.5, 0.6) is 0 Å². The van der Waals surface area contributed by atoms with Gasteiger partial charge in [-0.1, -0.05) is 0 Å². The van der Waals surface area contributed by atoms with Gasteiger partial charge in [-0.25, -0.2) is 0 Å². The molecule has 0 N–H and O–H groups in total. The van der Waals surface area contributed by atoms with E-state index < -0.39 is 0 Å². The molecule has 0 saturated heterocycles. The molecule has 0 spiro atoms. The molecule has 11 heavy (non-hydrogen) atoms. The van der Waals surface area contributed by atoms with Crippen molar-refractivity contribution in [2.24, 2.45) is 0 Å². The molecule has 0 aromatic rings. The van der Waals surface area contributed by atoms with Gasteiger partial charge in [0.05, 0.1) is 0 Å². The zero-order valence-electron chi connectivity index (χ0n) is 4.75. The van der Waals surface area contributed by atoms with E-state index in [1.165, 1.54) is 0 Å². The molecular formula is O7Pb2V2. The van der Waals surface area contributed by atoms with E-state index in [4.69, 9.17) is 0 Å². The SMILES string of the molecule is [O-2].[O-2].[O-2].[O-2].[O-2].[O-2].[O-2].[Pb+2].[Pb+2].[V+5].[V+5]. The summed E-state index contributed by atoms with van der Waals surface area (Å²) in [4.78, 5) is 0. The average molecular weight is 628 g/mol. The normalized spacial score (nSPS) is 0. The Balaban J connectivity index is 0. The van der Waals surface area contributed by atoms with Gasteiger partial charge >= 0.3 is 91.7 Å². The molecule has 0 amide bonds. The first-order chi connectivity index (χ1) is 0. The largest absolute Gasteiger partial charge is 5.00 e. The molecule has 7 nitrogen and oxygen atoms in total. The third-order valence-corrected chi connectivity index (χ3v) is 0. The van der Waals surface area contributed by atoms with Crippen LogP contribution in [-0.4, -0.2) is 54.6 Å². The molecule has 0 rings (SSSR count). The molecule has 0 heterocycles. The maximum absolute atomic E-state index is 0. The minimum atomic E-state index is 0. The van der Waals surface area contributed by atoms with Gasteiger partial charge in [-0.2, -0.15) is 0 Å². The molecule has 0 atom stereocenters.